The summed E-state index contributed by atoms with van der Waals surface area (Å²) in [4.78, 5) is 14.5. The van der Waals surface area contributed by atoms with Crippen molar-refractivity contribution in [2.24, 2.45) is 0 Å². The molecule has 1 amide bonds. The van der Waals surface area contributed by atoms with Crippen LogP contribution in [0.25, 0.3) is 0 Å². The highest BCUT2D eigenvalue weighted by molar-refractivity contribution is 7.80. The number of alkyl halides is 3. The third-order valence-electron chi connectivity index (χ3n) is 2.31. The molecule has 0 aliphatic heterocycles. The highest BCUT2D eigenvalue weighted by Crippen LogP contribution is 2.28. The summed E-state index contributed by atoms with van der Waals surface area (Å²) in [5.74, 6) is -0.414. The molecule has 1 unspecified atom stereocenters. The van der Waals surface area contributed by atoms with Crippen molar-refractivity contribution in [1.82, 2.24) is 4.98 Å². The molecule has 0 aromatic carbocycles. The first-order valence-corrected chi connectivity index (χ1v) is 7.93. The van der Waals surface area contributed by atoms with Crippen LogP contribution in [0.2, 0.25) is 0 Å². The molecule has 1 aromatic heterocycles. The lowest BCUT2D eigenvalue weighted by atomic mass is 10.3. The Morgan fingerprint density at radius 3 is 2.22 bits per heavy atom. The second-order valence-electron chi connectivity index (χ2n) is 5.57. The molecule has 0 bridgehead atoms. The number of amides is 1. The van der Waals surface area contributed by atoms with Crippen LogP contribution in [0.4, 0.5) is 19.0 Å². The van der Waals surface area contributed by atoms with Crippen LogP contribution in [0.3, 0.4) is 0 Å². The predicted molar refractivity (Wildman–Crippen MR) is 83.3 cm³/mol. The van der Waals surface area contributed by atoms with Gasteiger partial charge in [-0.1, -0.05) is 13.0 Å². The molecule has 1 rings (SSSR count). The fourth-order valence-electron chi connectivity index (χ4n) is 1.09. The Labute approximate surface area is 136 Å². The number of nitrogens with one attached hydrogen (secondary N) is 1. The van der Waals surface area contributed by atoms with Crippen molar-refractivity contribution in [3.63, 3.8) is 0 Å². The van der Waals surface area contributed by atoms with E-state index < -0.39 is 27.7 Å². The van der Waals surface area contributed by atoms with E-state index in [4.69, 9.17) is 4.55 Å². The van der Waals surface area contributed by atoms with E-state index in [1.807, 2.05) is 0 Å². The zero-order chi connectivity index (χ0) is 18.3. The SMILES string of the molecule is CC(C)(C)S(=O)O.CCCC(=O)Nc1cccc(C(F)(F)F)n1. The first kappa shape index (κ1) is 21.5. The Bertz CT molecular complexity index is 543. The molecule has 0 aliphatic carbocycles. The average molecular weight is 354 g/mol. The van der Waals surface area contributed by atoms with Gasteiger partial charge in [-0.15, -0.1) is 0 Å². The van der Waals surface area contributed by atoms with Gasteiger partial charge in [0.15, 0.2) is 11.1 Å². The van der Waals surface area contributed by atoms with Crippen LogP contribution in [-0.4, -0.2) is 24.4 Å². The number of carbonyl (C=O) groups is 1. The van der Waals surface area contributed by atoms with Gasteiger partial charge in [-0.3, -0.25) is 4.79 Å². The van der Waals surface area contributed by atoms with Gasteiger partial charge in [0.25, 0.3) is 0 Å². The van der Waals surface area contributed by atoms with Gasteiger partial charge in [-0.2, -0.15) is 13.2 Å². The number of rotatable bonds is 3. The monoisotopic (exact) mass is 354 g/mol. The lowest BCUT2D eigenvalue weighted by Gasteiger charge is -2.10. The van der Waals surface area contributed by atoms with Gasteiger partial charge in [0, 0.05) is 6.42 Å². The van der Waals surface area contributed by atoms with E-state index in [1.54, 1.807) is 27.7 Å². The van der Waals surface area contributed by atoms with Gasteiger partial charge >= 0.3 is 6.18 Å². The van der Waals surface area contributed by atoms with Crippen molar-refractivity contribution in [1.29, 1.82) is 0 Å². The largest absolute Gasteiger partial charge is 0.433 e. The molecular formula is C14H21F3N2O3S. The molecular weight excluding hydrogens is 333 g/mol. The van der Waals surface area contributed by atoms with Crippen molar-refractivity contribution in [3.8, 4) is 0 Å². The van der Waals surface area contributed by atoms with E-state index in [0.717, 1.165) is 6.07 Å². The zero-order valence-corrected chi connectivity index (χ0v) is 14.2. The minimum Gasteiger partial charge on any atom is -0.311 e. The second kappa shape index (κ2) is 8.97. The maximum Gasteiger partial charge on any atom is 0.433 e. The highest BCUT2D eigenvalue weighted by Gasteiger charge is 2.32. The van der Waals surface area contributed by atoms with Crippen molar-refractivity contribution < 1.29 is 26.7 Å². The van der Waals surface area contributed by atoms with Crippen LogP contribution in [0.15, 0.2) is 18.2 Å². The summed E-state index contributed by atoms with van der Waals surface area (Å²) in [6, 6.07) is 3.38. The standard InChI is InChI=1S/C10H11F3N2O.C4H10O2S/c1-2-4-9(16)15-8-6-3-5-7(14-8)10(11,12)13;1-4(2,3)7(5)6/h3,5-6H,2,4H2,1H3,(H,14,15,16);1-3H3,(H,5,6). The third-order valence-corrected chi connectivity index (χ3v) is 3.36. The molecule has 1 aromatic rings. The van der Waals surface area contributed by atoms with Crippen LogP contribution >= 0.6 is 0 Å². The number of pyridine rings is 1. The number of halogens is 3. The topological polar surface area (TPSA) is 79.3 Å². The van der Waals surface area contributed by atoms with Crippen molar-refractivity contribution in [3.05, 3.63) is 23.9 Å². The maximum absolute atomic E-state index is 12.3. The maximum atomic E-state index is 12.3. The Balaban J connectivity index is 0.000000585. The molecule has 1 heterocycles. The van der Waals surface area contributed by atoms with Gasteiger partial charge < -0.3 is 9.87 Å². The fraction of sp³-hybridized carbons (Fsp3) is 0.571. The Kier molecular flexibility index (Phi) is 8.39. The molecule has 5 nitrogen and oxygen atoms in total. The van der Waals surface area contributed by atoms with Crippen molar-refractivity contribution in [2.45, 2.75) is 51.5 Å². The molecule has 132 valence electrons. The number of nitrogens with zero attached hydrogens (tertiary/aromatic N) is 1. The molecule has 0 spiro atoms. The van der Waals surface area contributed by atoms with Crippen molar-refractivity contribution >= 4 is 22.8 Å². The molecule has 1 atom stereocenters. The first-order valence-electron chi connectivity index (χ1n) is 6.83. The smallest absolute Gasteiger partial charge is 0.311 e. The van der Waals surface area contributed by atoms with Crippen LogP contribution in [0, 0.1) is 0 Å². The van der Waals surface area contributed by atoms with Gasteiger partial charge in [-0.25, -0.2) is 9.19 Å². The number of carbonyl (C=O) groups excluding carboxylic acids is 1. The Hall–Kier alpha value is -1.48. The number of anilines is 1. The quantitative estimate of drug-likeness (QED) is 0.808. The van der Waals surface area contributed by atoms with E-state index in [1.165, 1.54) is 12.1 Å². The summed E-state index contributed by atoms with van der Waals surface area (Å²) in [6.45, 7) is 6.94. The zero-order valence-electron chi connectivity index (χ0n) is 13.4. The van der Waals surface area contributed by atoms with E-state index in [-0.39, 0.29) is 18.1 Å². The van der Waals surface area contributed by atoms with E-state index in [0.29, 0.717) is 6.42 Å². The predicted octanol–water partition coefficient (Wildman–Crippen LogP) is 3.85. The van der Waals surface area contributed by atoms with Crippen LogP contribution in [-0.2, 0) is 22.1 Å². The molecule has 9 heteroatoms. The third kappa shape index (κ3) is 9.29. The van der Waals surface area contributed by atoms with Gasteiger partial charge in [0.05, 0.1) is 4.75 Å². The molecule has 0 saturated carbocycles. The normalized spacial score (nSPS) is 12.9. The Morgan fingerprint density at radius 2 is 1.83 bits per heavy atom. The van der Waals surface area contributed by atoms with Crippen LogP contribution in [0.5, 0.6) is 0 Å². The molecule has 2 N–H and O–H groups in total. The van der Waals surface area contributed by atoms with E-state index in [2.05, 4.69) is 10.3 Å². The fourth-order valence-corrected chi connectivity index (χ4v) is 1.09. The van der Waals surface area contributed by atoms with Crippen molar-refractivity contribution in [2.75, 3.05) is 5.32 Å². The Morgan fingerprint density at radius 1 is 1.30 bits per heavy atom. The first-order chi connectivity index (χ1) is 10.4. The minimum atomic E-state index is -4.49. The lowest BCUT2D eigenvalue weighted by Crippen LogP contribution is -2.20. The molecule has 0 aliphatic rings. The number of hydrogen-bond donors (Lipinski definition) is 2. The summed E-state index contributed by atoms with van der Waals surface area (Å²) in [5.41, 5.74) is -1.01. The van der Waals surface area contributed by atoms with E-state index >= 15 is 0 Å². The lowest BCUT2D eigenvalue weighted by molar-refractivity contribution is -0.141. The summed E-state index contributed by atoms with van der Waals surface area (Å²) in [6.07, 6.45) is -3.60. The molecule has 23 heavy (non-hydrogen) atoms. The van der Waals surface area contributed by atoms with Crippen LogP contribution < -0.4 is 5.32 Å². The average Bonchev–Trinajstić information content (AvgIpc) is 2.37. The second-order valence-corrected chi connectivity index (χ2v) is 7.29. The highest BCUT2D eigenvalue weighted by atomic mass is 32.2. The molecule has 0 saturated heterocycles. The summed E-state index contributed by atoms with van der Waals surface area (Å²) in [5, 5.41) is 2.31. The van der Waals surface area contributed by atoms with Crippen LogP contribution in [0.1, 0.15) is 46.2 Å². The molecule has 0 radical (unpaired) electrons. The summed E-state index contributed by atoms with van der Waals surface area (Å²) in [7, 11) is 0. The van der Waals surface area contributed by atoms with E-state index in [9.17, 15) is 22.2 Å². The minimum absolute atomic E-state index is 0.0757. The summed E-state index contributed by atoms with van der Waals surface area (Å²) < 4.78 is 54.9. The van der Waals surface area contributed by atoms with Gasteiger partial charge in [-0.05, 0) is 39.3 Å². The number of aromatic nitrogens is 1. The number of hydrogen-bond acceptors (Lipinski definition) is 3. The van der Waals surface area contributed by atoms with Gasteiger partial charge in [0.2, 0.25) is 5.91 Å². The van der Waals surface area contributed by atoms with Gasteiger partial charge in [0.1, 0.15) is 11.5 Å². The molecule has 0 fully saturated rings. The summed E-state index contributed by atoms with van der Waals surface area (Å²) >= 11 is -1.68.